The molecule has 0 rings (SSSR count). The molecule has 4 N–H and O–H groups in total. The molecule has 3 heteroatoms. The third-order valence-electron chi connectivity index (χ3n) is 3.96. The smallest absolute Gasteiger partial charge is 0.0894 e. The van der Waals surface area contributed by atoms with Crippen LogP contribution in [0.5, 0.6) is 0 Å². The van der Waals surface area contributed by atoms with E-state index in [-0.39, 0.29) is 6.61 Å². The average molecular weight is 301 g/mol. The zero-order chi connectivity index (χ0) is 15.8. The van der Waals surface area contributed by atoms with E-state index in [9.17, 15) is 5.11 Å². The summed E-state index contributed by atoms with van der Waals surface area (Å²) in [5.74, 6) is 0. The third kappa shape index (κ3) is 14.3. The summed E-state index contributed by atoms with van der Waals surface area (Å²) >= 11 is 0. The lowest BCUT2D eigenvalue weighted by Crippen LogP contribution is -2.36. The van der Waals surface area contributed by atoms with E-state index in [2.05, 4.69) is 6.92 Å². The zero-order valence-corrected chi connectivity index (χ0v) is 14.0. The minimum atomic E-state index is -0.720. The Labute approximate surface area is 131 Å². The van der Waals surface area contributed by atoms with E-state index in [1.807, 2.05) is 6.08 Å². The second-order valence-corrected chi connectivity index (χ2v) is 6.09. The highest BCUT2D eigenvalue weighted by Crippen LogP contribution is 2.12. The second-order valence-electron chi connectivity index (χ2n) is 6.09. The van der Waals surface area contributed by atoms with Crippen molar-refractivity contribution in [3.63, 3.8) is 0 Å². The Hall–Kier alpha value is -0.380. The van der Waals surface area contributed by atoms with Crippen LogP contribution in [0.2, 0.25) is 0 Å². The molecule has 0 saturated carbocycles. The van der Waals surface area contributed by atoms with Gasteiger partial charge in [-0.1, -0.05) is 83.3 Å². The van der Waals surface area contributed by atoms with Crippen LogP contribution in [0.4, 0.5) is 0 Å². The van der Waals surface area contributed by atoms with Crippen LogP contribution in [0.25, 0.3) is 0 Å². The molecule has 0 aromatic rings. The number of hydrogen-bond donors (Lipinski definition) is 3. The van der Waals surface area contributed by atoms with Crippen LogP contribution in [0.3, 0.4) is 0 Å². The number of rotatable bonds is 15. The first kappa shape index (κ1) is 20.6. The predicted molar refractivity (Wildman–Crippen MR) is 91.3 cm³/mol. The molecule has 0 bridgehead atoms. The molecule has 0 heterocycles. The summed E-state index contributed by atoms with van der Waals surface area (Å²) in [6.45, 7) is 2.08. The van der Waals surface area contributed by atoms with Crippen molar-refractivity contribution in [2.24, 2.45) is 5.73 Å². The van der Waals surface area contributed by atoms with Crippen LogP contribution in [0, 0.1) is 0 Å². The molecular formula is C18H37NO2. The third-order valence-corrected chi connectivity index (χ3v) is 3.96. The monoisotopic (exact) mass is 301 g/mol. The highest BCUT2D eigenvalue weighted by molar-refractivity contribution is 4.93. The van der Waals surface area contributed by atoms with Gasteiger partial charge in [0, 0.05) is 0 Å². The van der Waals surface area contributed by atoms with Gasteiger partial charge < -0.3 is 15.9 Å². The van der Waals surface area contributed by atoms with Gasteiger partial charge in [0.05, 0.1) is 18.8 Å². The summed E-state index contributed by atoms with van der Waals surface area (Å²) in [6.07, 6.45) is 18.8. The van der Waals surface area contributed by atoms with E-state index in [0.29, 0.717) is 0 Å². The first-order valence-electron chi connectivity index (χ1n) is 8.93. The highest BCUT2D eigenvalue weighted by atomic mass is 16.5. The molecule has 0 radical (unpaired) electrons. The lowest BCUT2D eigenvalue weighted by atomic mass is 10.1. The standard InChI is InChI=1S/C18H37NO2/c1-2-3-4-5-6-7-8-9-10-11-12-13-14-15-18(21)17(19)16-20/h14-15,17-18,20-21H,2-13,16,19H2,1H3/b15-14+/t17-,18+/m0/s1/i16+2. The van der Waals surface area contributed by atoms with Gasteiger partial charge in [-0.25, -0.2) is 0 Å². The SMILES string of the molecule is CCCCCCCCCCCCC/C=C/[C@@H](O)[C@@H](N)[14CH2]O. The van der Waals surface area contributed by atoms with Crippen molar-refractivity contribution in [2.75, 3.05) is 6.61 Å². The van der Waals surface area contributed by atoms with Gasteiger partial charge in [-0.05, 0) is 12.8 Å². The molecule has 0 spiro atoms. The Morgan fingerprint density at radius 2 is 1.38 bits per heavy atom. The second kappa shape index (κ2) is 16.0. The largest absolute Gasteiger partial charge is 0.395 e. The Kier molecular flexibility index (Phi) is 15.7. The molecule has 2 atom stereocenters. The summed E-state index contributed by atoms with van der Waals surface area (Å²) in [4.78, 5) is 0. The summed E-state index contributed by atoms with van der Waals surface area (Å²) in [6, 6.07) is -0.557. The Bertz CT molecular complexity index is 231. The molecule has 0 saturated heterocycles. The van der Waals surface area contributed by atoms with Gasteiger partial charge in [-0.3, -0.25) is 0 Å². The van der Waals surface area contributed by atoms with Crippen molar-refractivity contribution in [1.82, 2.24) is 0 Å². The van der Waals surface area contributed by atoms with Crippen molar-refractivity contribution in [1.29, 1.82) is 0 Å². The molecule has 0 fully saturated rings. The molecule has 0 unspecified atom stereocenters. The van der Waals surface area contributed by atoms with Crippen molar-refractivity contribution in [2.45, 2.75) is 96.1 Å². The number of nitrogens with two attached hydrogens (primary N) is 1. The van der Waals surface area contributed by atoms with Gasteiger partial charge in [0.2, 0.25) is 0 Å². The van der Waals surface area contributed by atoms with Crippen molar-refractivity contribution in [3.05, 3.63) is 12.2 Å². The van der Waals surface area contributed by atoms with E-state index < -0.39 is 12.1 Å². The van der Waals surface area contributed by atoms with Crippen molar-refractivity contribution in [3.8, 4) is 0 Å². The first-order valence-corrected chi connectivity index (χ1v) is 8.93. The summed E-state index contributed by atoms with van der Waals surface area (Å²) in [5.41, 5.74) is 5.51. The van der Waals surface area contributed by atoms with Crippen LogP contribution in [0.15, 0.2) is 12.2 Å². The van der Waals surface area contributed by atoms with E-state index >= 15 is 0 Å². The molecule has 126 valence electrons. The Morgan fingerprint density at radius 1 is 0.905 bits per heavy atom. The summed E-state index contributed by atoms with van der Waals surface area (Å²) < 4.78 is 0. The quantitative estimate of drug-likeness (QED) is 0.317. The molecule has 0 aromatic carbocycles. The molecule has 0 amide bonds. The van der Waals surface area contributed by atoms with Crippen molar-refractivity contribution >= 4 is 0 Å². The van der Waals surface area contributed by atoms with Crippen LogP contribution < -0.4 is 5.73 Å². The number of allylic oxidation sites excluding steroid dienone is 1. The number of aliphatic hydroxyl groups is 2. The average Bonchev–Trinajstić information content (AvgIpc) is 2.50. The molecule has 0 aliphatic heterocycles. The number of hydrogen-bond acceptors (Lipinski definition) is 3. The van der Waals surface area contributed by atoms with Gasteiger partial charge >= 0.3 is 0 Å². The lowest BCUT2D eigenvalue weighted by Gasteiger charge is -2.11. The Balaban J connectivity index is 3.20. The lowest BCUT2D eigenvalue weighted by molar-refractivity contribution is 0.144. The van der Waals surface area contributed by atoms with E-state index in [0.717, 1.165) is 6.42 Å². The van der Waals surface area contributed by atoms with Gasteiger partial charge in [0.15, 0.2) is 0 Å². The fourth-order valence-electron chi connectivity index (χ4n) is 2.41. The highest BCUT2D eigenvalue weighted by Gasteiger charge is 2.08. The van der Waals surface area contributed by atoms with E-state index in [4.69, 9.17) is 10.8 Å². The molecular weight excluding hydrogens is 264 g/mol. The molecule has 0 aliphatic rings. The van der Waals surface area contributed by atoms with E-state index in [1.54, 1.807) is 6.08 Å². The van der Waals surface area contributed by atoms with Gasteiger partial charge in [0.25, 0.3) is 0 Å². The Morgan fingerprint density at radius 3 is 1.86 bits per heavy atom. The number of aliphatic hydroxyl groups excluding tert-OH is 2. The minimum Gasteiger partial charge on any atom is -0.395 e. The fourth-order valence-corrected chi connectivity index (χ4v) is 2.41. The maximum atomic E-state index is 9.52. The zero-order valence-electron chi connectivity index (χ0n) is 14.0. The molecule has 3 nitrogen and oxygen atoms in total. The minimum absolute atomic E-state index is 0.177. The predicted octanol–water partition coefficient (Wildman–Crippen LogP) is 3.92. The van der Waals surface area contributed by atoms with Crippen LogP contribution >= 0.6 is 0 Å². The van der Waals surface area contributed by atoms with Gasteiger partial charge in [-0.15, -0.1) is 0 Å². The van der Waals surface area contributed by atoms with Crippen LogP contribution in [-0.2, 0) is 0 Å². The summed E-state index contributed by atoms with van der Waals surface area (Å²) in [5, 5.41) is 18.3. The van der Waals surface area contributed by atoms with E-state index in [1.165, 1.54) is 70.6 Å². The molecule has 21 heavy (non-hydrogen) atoms. The van der Waals surface area contributed by atoms with Crippen LogP contribution in [0.1, 0.15) is 84.0 Å². The first-order chi connectivity index (χ1) is 10.2. The maximum absolute atomic E-state index is 9.52. The topological polar surface area (TPSA) is 66.5 Å². The van der Waals surface area contributed by atoms with Gasteiger partial charge in [-0.2, -0.15) is 0 Å². The number of unbranched alkanes of at least 4 members (excludes halogenated alkanes) is 11. The van der Waals surface area contributed by atoms with Gasteiger partial charge in [0.1, 0.15) is 0 Å². The fraction of sp³-hybridized carbons (Fsp3) is 0.889. The molecule has 0 aromatic heterocycles. The van der Waals surface area contributed by atoms with Crippen molar-refractivity contribution < 1.29 is 10.2 Å². The molecule has 0 aliphatic carbocycles. The van der Waals surface area contributed by atoms with Crippen LogP contribution in [-0.4, -0.2) is 29.0 Å². The normalized spacial score (nSPS) is 14.7. The summed E-state index contributed by atoms with van der Waals surface area (Å²) in [7, 11) is 0. The maximum Gasteiger partial charge on any atom is 0.0894 e.